The van der Waals surface area contributed by atoms with Gasteiger partial charge in [0.05, 0.1) is 9.88 Å². The molecule has 0 bridgehead atoms. The standard InChI is InChI=1S/C12H17NOS/c1-8-4-3-5-10(6-8)12(14)11-7-13-9(2)15-11/h7-8,10H,3-6H2,1-2H3. The molecule has 1 aliphatic rings. The molecule has 1 aromatic rings. The zero-order chi connectivity index (χ0) is 10.8. The van der Waals surface area contributed by atoms with Gasteiger partial charge < -0.3 is 0 Å². The Morgan fingerprint density at radius 3 is 2.93 bits per heavy atom. The summed E-state index contributed by atoms with van der Waals surface area (Å²) >= 11 is 1.53. The SMILES string of the molecule is Cc1ncc(C(=O)C2CCCC(C)C2)s1. The van der Waals surface area contributed by atoms with Crippen molar-refractivity contribution < 1.29 is 4.79 Å². The van der Waals surface area contributed by atoms with E-state index in [0.29, 0.717) is 11.7 Å². The van der Waals surface area contributed by atoms with Gasteiger partial charge in [0.25, 0.3) is 0 Å². The molecule has 0 amide bonds. The lowest BCUT2D eigenvalue weighted by molar-refractivity contribution is 0.0872. The number of thiazole rings is 1. The highest BCUT2D eigenvalue weighted by molar-refractivity contribution is 7.13. The van der Waals surface area contributed by atoms with Gasteiger partial charge in [-0.2, -0.15) is 0 Å². The minimum absolute atomic E-state index is 0.258. The minimum Gasteiger partial charge on any atom is -0.293 e. The first kappa shape index (κ1) is 10.8. The van der Waals surface area contributed by atoms with Crippen LogP contribution in [0.15, 0.2) is 6.20 Å². The number of rotatable bonds is 2. The Kier molecular flexibility index (Phi) is 3.19. The molecule has 0 aromatic carbocycles. The summed E-state index contributed by atoms with van der Waals surface area (Å²) in [6, 6.07) is 0. The monoisotopic (exact) mass is 223 g/mol. The highest BCUT2D eigenvalue weighted by Crippen LogP contribution is 2.31. The maximum absolute atomic E-state index is 12.1. The summed E-state index contributed by atoms with van der Waals surface area (Å²) in [5.41, 5.74) is 0. The molecule has 82 valence electrons. The van der Waals surface area contributed by atoms with Crippen LogP contribution in [0.2, 0.25) is 0 Å². The number of ketones is 1. The van der Waals surface area contributed by atoms with E-state index in [1.807, 2.05) is 6.92 Å². The molecule has 1 saturated carbocycles. The van der Waals surface area contributed by atoms with Gasteiger partial charge in [-0.05, 0) is 25.7 Å². The molecular weight excluding hydrogens is 206 g/mol. The van der Waals surface area contributed by atoms with Gasteiger partial charge >= 0.3 is 0 Å². The van der Waals surface area contributed by atoms with E-state index in [2.05, 4.69) is 11.9 Å². The fourth-order valence-electron chi connectivity index (χ4n) is 2.35. The lowest BCUT2D eigenvalue weighted by Crippen LogP contribution is -2.21. The number of nitrogens with zero attached hydrogens (tertiary/aromatic N) is 1. The van der Waals surface area contributed by atoms with Gasteiger partial charge in [-0.25, -0.2) is 4.98 Å². The van der Waals surface area contributed by atoms with E-state index in [1.165, 1.54) is 24.2 Å². The summed E-state index contributed by atoms with van der Waals surface area (Å²) in [5, 5.41) is 0.988. The van der Waals surface area contributed by atoms with Gasteiger partial charge in [0.1, 0.15) is 0 Å². The van der Waals surface area contributed by atoms with Crippen molar-refractivity contribution in [1.29, 1.82) is 0 Å². The van der Waals surface area contributed by atoms with E-state index in [-0.39, 0.29) is 5.92 Å². The lowest BCUT2D eigenvalue weighted by Gasteiger charge is -2.24. The second-order valence-corrected chi connectivity index (χ2v) is 5.81. The number of hydrogen-bond acceptors (Lipinski definition) is 3. The van der Waals surface area contributed by atoms with Crippen molar-refractivity contribution in [1.82, 2.24) is 4.98 Å². The second-order valence-electron chi connectivity index (χ2n) is 4.58. The first-order valence-electron chi connectivity index (χ1n) is 5.63. The third kappa shape index (κ3) is 2.46. The summed E-state index contributed by atoms with van der Waals surface area (Å²) in [6.07, 6.45) is 6.36. The van der Waals surface area contributed by atoms with Gasteiger partial charge in [-0.15, -0.1) is 11.3 Å². The molecule has 15 heavy (non-hydrogen) atoms. The molecule has 0 radical (unpaired) electrons. The molecular formula is C12H17NOS. The number of carbonyl (C=O) groups is 1. The average Bonchev–Trinajstić information content (AvgIpc) is 2.64. The normalized spacial score (nSPS) is 26.5. The summed E-state index contributed by atoms with van der Waals surface area (Å²) in [6.45, 7) is 4.20. The number of aromatic nitrogens is 1. The number of aryl methyl sites for hydroxylation is 1. The molecule has 3 heteroatoms. The van der Waals surface area contributed by atoms with E-state index in [9.17, 15) is 4.79 Å². The third-order valence-corrected chi connectivity index (χ3v) is 4.10. The highest BCUT2D eigenvalue weighted by Gasteiger charge is 2.26. The topological polar surface area (TPSA) is 30.0 Å². The van der Waals surface area contributed by atoms with E-state index in [0.717, 1.165) is 22.7 Å². The predicted octanol–water partition coefficient (Wildman–Crippen LogP) is 3.46. The van der Waals surface area contributed by atoms with Crippen LogP contribution < -0.4 is 0 Å². The minimum atomic E-state index is 0.258. The molecule has 2 nitrogen and oxygen atoms in total. The predicted molar refractivity (Wildman–Crippen MR) is 62.3 cm³/mol. The summed E-state index contributed by atoms with van der Waals surface area (Å²) in [5.74, 6) is 1.29. The van der Waals surface area contributed by atoms with E-state index >= 15 is 0 Å². The Balaban J connectivity index is 2.07. The fraction of sp³-hybridized carbons (Fsp3) is 0.667. The van der Waals surface area contributed by atoms with Crippen LogP contribution >= 0.6 is 11.3 Å². The lowest BCUT2D eigenvalue weighted by atomic mass is 9.80. The molecule has 0 aliphatic heterocycles. The van der Waals surface area contributed by atoms with E-state index in [1.54, 1.807) is 6.20 Å². The molecule has 0 saturated heterocycles. The molecule has 1 heterocycles. The van der Waals surface area contributed by atoms with Gasteiger partial charge in [0, 0.05) is 12.1 Å². The molecule has 0 N–H and O–H groups in total. The Morgan fingerprint density at radius 1 is 1.53 bits per heavy atom. The molecule has 1 aliphatic carbocycles. The van der Waals surface area contributed by atoms with Crippen LogP contribution in [-0.4, -0.2) is 10.8 Å². The van der Waals surface area contributed by atoms with Gasteiger partial charge in [-0.3, -0.25) is 4.79 Å². The largest absolute Gasteiger partial charge is 0.293 e. The zero-order valence-corrected chi connectivity index (χ0v) is 10.1. The van der Waals surface area contributed by atoms with Crippen LogP contribution in [0, 0.1) is 18.8 Å². The summed E-state index contributed by atoms with van der Waals surface area (Å²) in [4.78, 5) is 17.1. The maximum Gasteiger partial charge on any atom is 0.177 e. The van der Waals surface area contributed by atoms with Crippen molar-refractivity contribution >= 4 is 17.1 Å². The fourth-order valence-corrected chi connectivity index (χ4v) is 3.15. The number of carbonyl (C=O) groups excluding carboxylic acids is 1. The van der Waals surface area contributed by atoms with E-state index < -0.39 is 0 Å². The van der Waals surface area contributed by atoms with Crippen LogP contribution in [0.4, 0.5) is 0 Å². The number of hydrogen-bond donors (Lipinski definition) is 0. The Labute approximate surface area is 94.7 Å². The van der Waals surface area contributed by atoms with Gasteiger partial charge in [0.15, 0.2) is 5.78 Å². The van der Waals surface area contributed by atoms with E-state index in [4.69, 9.17) is 0 Å². The first-order valence-corrected chi connectivity index (χ1v) is 6.45. The van der Waals surface area contributed by atoms with Crippen LogP contribution in [-0.2, 0) is 0 Å². The van der Waals surface area contributed by atoms with Crippen molar-refractivity contribution in [2.24, 2.45) is 11.8 Å². The van der Waals surface area contributed by atoms with Gasteiger partial charge in [0.2, 0.25) is 0 Å². The summed E-state index contributed by atoms with van der Waals surface area (Å²) < 4.78 is 0. The molecule has 2 atom stereocenters. The maximum atomic E-state index is 12.1. The van der Waals surface area contributed by atoms with Crippen LogP contribution in [0.25, 0.3) is 0 Å². The smallest absolute Gasteiger partial charge is 0.177 e. The quantitative estimate of drug-likeness (QED) is 0.719. The van der Waals surface area contributed by atoms with Crippen molar-refractivity contribution in [3.8, 4) is 0 Å². The number of Topliss-reactive ketones (excluding diaryl/α,β-unsaturated/α-hetero) is 1. The Hall–Kier alpha value is -0.700. The molecule has 2 unspecified atom stereocenters. The van der Waals surface area contributed by atoms with Crippen molar-refractivity contribution in [3.63, 3.8) is 0 Å². The Bertz CT molecular complexity index is 358. The second kappa shape index (κ2) is 4.44. The van der Waals surface area contributed by atoms with Crippen LogP contribution in [0.3, 0.4) is 0 Å². The first-order chi connectivity index (χ1) is 7.16. The third-order valence-electron chi connectivity index (χ3n) is 3.17. The van der Waals surface area contributed by atoms with Crippen molar-refractivity contribution in [2.75, 3.05) is 0 Å². The highest BCUT2D eigenvalue weighted by atomic mass is 32.1. The zero-order valence-electron chi connectivity index (χ0n) is 9.32. The van der Waals surface area contributed by atoms with Gasteiger partial charge in [-0.1, -0.05) is 19.8 Å². The average molecular weight is 223 g/mol. The van der Waals surface area contributed by atoms with Crippen LogP contribution in [0.5, 0.6) is 0 Å². The Morgan fingerprint density at radius 2 is 2.33 bits per heavy atom. The van der Waals surface area contributed by atoms with Crippen molar-refractivity contribution in [3.05, 3.63) is 16.1 Å². The molecule has 2 rings (SSSR count). The molecule has 0 spiro atoms. The molecule has 1 aromatic heterocycles. The van der Waals surface area contributed by atoms with Crippen molar-refractivity contribution in [2.45, 2.75) is 39.5 Å². The summed E-state index contributed by atoms with van der Waals surface area (Å²) in [7, 11) is 0. The van der Waals surface area contributed by atoms with Crippen LogP contribution in [0.1, 0.15) is 47.3 Å². The molecule has 1 fully saturated rings.